The molecule has 1 unspecified atom stereocenters. The van der Waals surface area contributed by atoms with Gasteiger partial charge < -0.3 is 10.2 Å². The molecule has 1 atom stereocenters. The molecule has 1 rings (SSSR count). The Labute approximate surface area is 79.5 Å². The molecule has 1 N–H and O–H groups in total. The van der Waals surface area contributed by atoms with Gasteiger partial charge in [0.15, 0.2) is 0 Å². The highest BCUT2D eigenvalue weighted by molar-refractivity contribution is 5.75. The quantitative estimate of drug-likeness (QED) is 0.502. The Hall–Kier alpha value is -1.17. The minimum Gasteiger partial charge on any atom is -0.337 e. The van der Waals surface area contributed by atoms with Crippen LogP contribution in [0.3, 0.4) is 0 Å². The third-order valence-electron chi connectivity index (χ3n) is 2.28. The van der Waals surface area contributed by atoms with Gasteiger partial charge >= 0.3 is 6.03 Å². The van der Waals surface area contributed by atoms with E-state index in [2.05, 4.69) is 24.1 Å². The van der Waals surface area contributed by atoms with Crippen molar-refractivity contribution in [3.63, 3.8) is 0 Å². The van der Waals surface area contributed by atoms with E-state index in [0.717, 1.165) is 19.4 Å². The van der Waals surface area contributed by atoms with Crippen LogP contribution in [0.4, 0.5) is 4.79 Å². The molecular weight excluding hydrogens is 164 g/mol. The van der Waals surface area contributed by atoms with Crippen molar-refractivity contribution in [2.24, 2.45) is 0 Å². The second-order valence-electron chi connectivity index (χ2n) is 3.24. The third kappa shape index (κ3) is 2.66. The lowest BCUT2D eigenvalue weighted by molar-refractivity contribution is 0.125. The fraction of sp³-hybridized carbons (Fsp3) is 0.700. The topological polar surface area (TPSA) is 32.3 Å². The van der Waals surface area contributed by atoms with E-state index in [4.69, 9.17) is 0 Å². The predicted molar refractivity (Wildman–Crippen MR) is 52.3 cm³/mol. The molecule has 0 aliphatic carbocycles. The molecule has 0 spiro atoms. The molecule has 0 saturated carbocycles. The van der Waals surface area contributed by atoms with Crippen molar-refractivity contribution < 1.29 is 4.79 Å². The van der Waals surface area contributed by atoms with Gasteiger partial charge in [-0.25, -0.2) is 4.79 Å². The van der Waals surface area contributed by atoms with Crippen molar-refractivity contribution >= 4 is 6.03 Å². The van der Waals surface area contributed by atoms with Crippen molar-refractivity contribution in [3.8, 4) is 11.8 Å². The summed E-state index contributed by atoms with van der Waals surface area (Å²) in [5.41, 5.74) is 0. The van der Waals surface area contributed by atoms with Crippen LogP contribution in [0.1, 0.15) is 26.7 Å². The van der Waals surface area contributed by atoms with Gasteiger partial charge in [0.05, 0.1) is 0 Å². The van der Waals surface area contributed by atoms with Crippen LogP contribution >= 0.6 is 0 Å². The Bertz CT molecular complexity index is 239. The molecule has 72 valence electrons. The summed E-state index contributed by atoms with van der Waals surface area (Å²) in [5.74, 6) is 5.70. The molecule has 1 aliphatic rings. The molecule has 3 nitrogen and oxygen atoms in total. The molecule has 1 aliphatic heterocycles. The first-order valence-electron chi connectivity index (χ1n) is 4.69. The maximum Gasteiger partial charge on any atom is 0.317 e. The summed E-state index contributed by atoms with van der Waals surface area (Å²) in [6.45, 7) is 5.42. The summed E-state index contributed by atoms with van der Waals surface area (Å²) < 4.78 is 0. The van der Waals surface area contributed by atoms with E-state index >= 15 is 0 Å². The standard InChI is InChI=1S/C10H16N2O/c1-3-4-5-7-11-10(13)12-8-6-9(12)2/h9H,5-8H2,1-2H3,(H,11,13). The summed E-state index contributed by atoms with van der Waals surface area (Å²) in [7, 11) is 0. The van der Waals surface area contributed by atoms with Crippen LogP contribution in [-0.2, 0) is 0 Å². The number of urea groups is 1. The molecule has 1 fully saturated rings. The van der Waals surface area contributed by atoms with Crippen LogP contribution in [0, 0.1) is 11.8 Å². The van der Waals surface area contributed by atoms with Gasteiger partial charge in [0.25, 0.3) is 0 Å². The molecule has 3 heteroatoms. The molecule has 0 aromatic carbocycles. The first-order chi connectivity index (χ1) is 6.25. The zero-order chi connectivity index (χ0) is 9.68. The van der Waals surface area contributed by atoms with Gasteiger partial charge in [-0.3, -0.25) is 0 Å². The first-order valence-corrected chi connectivity index (χ1v) is 4.69. The van der Waals surface area contributed by atoms with E-state index in [1.165, 1.54) is 0 Å². The molecule has 0 bridgehead atoms. The van der Waals surface area contributed by atoms with E-state index in [0.29, 0.717) is 12.6 Å². The molecule has 1 heterocycles. The molecule has 13 heavy (non-hydrogen) atoms. The predicted octanol–water partition coefficient (Wildman–Crippen LogP) is 1.20. The van der Waals surface area contributed by atoms with Crippen LogP contribution in [0.15, 0.2) is 0 Å². The summed E-state index contributed by atoms with van der Waals surface area (Å²) in [6.07, 6.45) is 1.87. The fourth-order valence-electron chi connectivity index (χ4n) is 1.28. The summed E-state index contributed by atoms with van der Waals surface area (Å²) >= 11 is 0. The zero-order valence-electron chi connectivity index (χ0n) is 8.26. The van der Waals surface area contributed by atoms with Crippen molar-refractivity contribution in [3.05, 3.63) is 0 Å². The van der Waals surface area contributed by atoms with Crippen LogP contribution in [-0.4, -0.2) is 30.1 Å². The minimum absolute atomic E-state index is 0.0525. The first kappa shape index (κ1) is 9.91. The van der Waals surface area contributed by atoms with Crippen LogP contribution in [0.25, 0.3) is 0 Å². The number of nitrogens with zero attached hydrogens (tertiary/aromatic N) is 1. The average Bonchev–Trinajstić information content (AvgIpc) is 2.10. The fourth-order valence-corrected chi connectivity index (χ4v) is 1.28. The number of rotatable bonds is 2. The lowest BCUT2D eigenvalue weighted by Gasteiger charge is -2.38. The minimum atomic E-state index is 0.0525. The van der Waals surface area contributed by atoms with Gasteiger partial charge in [-0.05, 0) is 20.3 Å². The number of likely N-dealkylation sites (tertiary alicyclic amines) is 1. The third-order valence-corrected chi connectivity index (χ3v) is 2.28. The number of hydrogen-bond donors (Lipinski definition) is 1. The van der Waals surface area contributed by atoms with Gasteiger partial charge in [-0.15, -0.1) is 11.8 Å². The monoisotopic (exact) mass is 180 g/mol. The maximum atomic E-state index is 11.4. The lowest BCUT2D eigenvalue weighted by Crippen LogP contribution is -2.53. The Balaban J connectivity index is 2.13. The Morgan fingerprint density at radius 2 is 2.46 bits per heavy atom. The van der Waals surface area contributed by atoms with Crippen molar-refractivity contribution in [1.82, 2.24) is 10.2 Å². The molecule has 0 aromatic heterocycles. The lowest BCUT2D eigenvalue weighted by atomic mass is 10.1. The SMILES string of the molecule is CC#CCCNC(=O)N1CCC1C. The normalized spacial score (nSPS) is 19.8. The zero-order valence-corrected chi connectivity index (χ0v) is 8.26. The Kier molecular flexibility index (Phi) is 3.63. The van der Waals surface area contributed by atoms with E-state index in [1.807, 2.05) is 4.90 Å². The van der Waals surface area contributed by atoms with Crippen LogP contribution in [0.5, 0.6) is 0 Å². The van der Waals surface area contributed by atoms with Gasteiger partial charge in [-0.1, -0.05) is 0 Å². The average molecular weight is 180 g/mol. The number of nitrogens with one attached hydrogen (secondary N) is 1. The molecule has 0 radical (unpaired) electrons. The molecular formula is C10H16N2O. The Morgan fingerprint density at radius 1 is 1.69 bits per heavy atom. The van der Waals surface area contributed by atoms with Gasteiger partial charge in [0, 0.05) is 25.6 Å². The highest BCUT2D eigenvalue weighted by Gasteiger charge is 2.27. The second kappa shape index (κ2) is 4.76. The van der Waals surface area contributed by atoms with E-state index < -0.39 is 0 Å². The molecule has 0 aromatic rings. The number of carbonyl (C=O) groups is 1. The maximum absolute atomic E-state index is 11.4. The van der Waals surface area contributed by atoms with Gasteiger partial charge in [-0.2, -0.15) is 0 Å². The van der Waals surface area contributed by atoms with E-state index in [1.54, 1.807) is 6.92 Å². The molecule has 2 amide bonds. The van der Waals surface area contributed by atoms with Crippen LogP contribution < -0.4 is 5.32 Å². The van der Waals surface area contributed by atoms with Crippen molar-refractivity contribution in [1.29, 1.82) is 0 Å². The number of amides is 2. The summed E-state index contributed by atoms with van der Waals surface area (Å²) in [5, 5.41) is 2.83. The highest BCUT2D eigenvalue weighted by Crippen LogP contribution is 2.15. The van der Waals surface area contributed by atoms with Crippen molar-refractivity contribution in [2.75, 3.05) is 13.1 Å². The summed E-state index contributed by atoms with van der Waals surface area (Å²) in [4.78, 5) is 13.2. The number of hydrogen-bond acceptors (Lipinski definition) is 1. The van der Waals surface area contributed by atoms with Gasteiger partial charge in [0.2, 0.25) is 0 Å². The largest absolute Gasteiger partial charge is 0.337 e. The van der Waals surface area contributed by atoms with E-state index in [-0.39, 0.29) is 6.03 Å². The summed E-state index contributed by atoms with van der Waals surface area (Å²) in [6, 6.07) is 0.467. The number of carbonyl (C=O) groups excluding carboxylic acids is 1. The van der Waals surface area contributed by atoms with Gasteiger partial charge in [0.1, 0.15) is 0 Å². The van der Waals surface area contributed by atoms with E-state index in [9.17, 15) is 4.79 Å². The smallest absolute Gasteiger partial charge is 0.317 e. The molecule has 1 saturated heterocycles. The second-order valence-corrected chi connectivity index (χ2v) is 3.24. The van der Waals surface area contributed by atoms with Crippen LogP contribution in [0.2, 0.25) is 0 Å². The van der Waals surface area contributed by atoms with Crippen molar-refractivity contribution in [2.45, 2.75) is 32.7 Å². The highest BCUT2D eigenvalue weighted by atomic mass is 16.2. The Morgan fingerprint density at radius 3 is 2.92 bits per heavy atom.